The van der Waals surface area contributed by atoms with Crippen LogP contribution in [0.25, 0.3) is 11.4 Å². The van der Waals surface area contributed by atoms with E-state index < -0.39 is 0 Å². The Labute approximate surface area is 396 Å². The van der Waals surface area contributed by atoms with Crippen LogP contribution in [0.4, 0.5) is 0 Å². The second-order valence-electron chi connectivity index (χ2n) is 18.7. The fourth-order valence-corrected chi connectivity index (χ4v) is 12.1. The van der Waals surface area contributed by atoms with Crippen LogP contribution in [0.1, 0.15) is 114 Å². The van der Waals surface area contributed by atoms with Crippen LogP contribution in [0.15, 0.2) is 164 Å². The van der Waals surface area contributed by atoms with Crippen LogP contribution < -0.4 is 0 Å². The van der Waals surface area contributed by atoms with Crippen molar-refractivity contribution >= 4 is 17.9 Å². The first-order valence-electron chi connectivity index (χ1n) is 22.8. The van der Waals surface area contributed by atoms with Gasteiger partial charge in [-0.3, -0.25) is 9.97 Å². The first-order valence-corrected chi connectivity index (χ1v) is 22.8. The monoisotopic (exact) mass is 892 g/mol. The molecule has 7 aromatic rings. The Kier molecular flexibility index (Phi) is 11.4. The molecule has 2 aromatic heterocycles. The van der Waals surface area contributed by atoms with E-state index in [9.17, 15) is 14.4 Å². The number of methoxy groups -OCH3 is 3. The second-order valence-corrected chi connectivity index (χ2v) is 18.7. The lowest BCUT2D eigenvalue weighted by Gasteiger charge is -2.71. The van der Waals surface area contributed by atoms with E-state index in [1.165, 1.54) is 43.6 Å². The van der Waals surface area contributed by atoms with Crippen molar-refractivity contribution < 1.29 is 28.6 Å². The molecule has 0 unspecified atom stereocenters. The number of aromatic nitrogens is 2. The number of hydrogen-bond acceptors (Lipinski definition) is 8. The lowest BCUT2D eigenvalue weighted by molar-refractivity contribution is -0.0692. The molecule has 0 radical (unpaired) electrons. The molecular formula is C60H48N2O6. The molecule has 68 heavy (non-hydrogen) atoms. The van der Waals surface area contributed by atoms with Crippen molar-refractivity contribution in [1.82, 2.24) is 9.97 Å². The Morgan fingerprint density at radius 3 is 1.04 bits per heavy atom. The summed E-state index contributed by atoms with van der Waals surface area (Å²) < 4.78 is 15.3. The highest BCUT2D eigenvalue weighted by atomic mass is 16.5. The van der Waals surface area contributed by atoms with Crippen LogP contribution in [0.5, 0.6) is 0 Å². The Bertz CT molecular complexity index is 2990. The molecule has 4 aliphatic rings. The van der Waals surface area contributed by atoms with Gasteiger partial charge in [-0.15, -0.1) is 0 Å². The van der Waals surface area contributed by atoms with E-state index in [0.29, 0.717) is 16.7 Å². The topological polar surface area (TPSA) is 105 Å². The molecule has 0 aliphatic heterocycles. The number of ether oxygens (including phenoxy) is 3. The van der Waals surface area contributed by atoms with Crippen molar-refractivity contribution in [3.05, 3.63) is 225 Å². The molecule has 0 amide bonds. The minimum atomic E-state index is -0.370. The van der Waals surface area contributed by atoms with Gasteiger partial charge in [0.2, 0.25) is 0 Å². The van der Waals surface area contributed by atoms with Crippen LogP contribution in [0.2, 0.25) is 0 Å². The van der Waals surface area contributed by atoms with Gasteiger partial charge >= 0.3 is 17.9 Å². The smallest absolute Gasteiger partial charge is 0.337 e. The SMILES string of the molecule is COC(=O)c1ccc(C23CC4(c5ccc(C#Cc6ccc(C#Cc7ccnc(-c8ccccn8)c7)cc6)cc5)CC(c5ccc(C(=O)OC)cc5)(C2)CC(c2ccc(C(=O)OC)cc2)(C4)C3)cc1. The van der Waals surface area contributed by atoms with Gasteiger partial charge in [0.15, 0.2) is 0 Å². The molecule has 8 nitrogen and oxygen atoms in total. The van der Waals surface area contributed by atoms with Gasteiger partial charge < -0.3 is 14.2 Å². The predicted octanol–water partition coefficient (Wildman–Crippen LogP) is 10.7. The van der Waals surface area contributed by atoms with Crippen LogP contribution in [0, 0.1) is 23.7 Å². The lowest BCUT2D eigenvalue weighted by atomic mass is 9.32. The third kappa shape index (κ3) is 8.13. The fraction of sp³-hybridized carbons (Fsp3) is 0.217. The van der Waals surface area contributed by atoms with Crippen LogP contribution in [0.3, 0.4) is 0 Å². The number of esters is 3. The molecule has 4 fully saturated rings. The van der Waals surface area contributed by atoms with Gasteiger partial charge in [-0.2, -0.15) is 0 Å². The summed E-state index contributed by atoms with van der Waals surface area (Å²) in [4.78, 5) is 46.8. The molecule has 4 bridgehead atoms. The Balaban J connectivity index is 1.00. The van der Waals surface area contributed by atoms with E-state index >= 15 is 0 Å². The fourth-order valence-electron chi connectivity index (χ4n) is 12.1. The summed E-state index contributed by atoms with van der Waals surface area (Å²) in [5.74, 6) is 12.2. The van der Waals surface area contributed by atoms with Gasteiger partial charge in [-0.1, -0.05) is 78.3 Å². The highest BCUT2D eigenvalue weighted by Crippen LogP contribution is 2.74. The Morgan fingerprint density at radius 2 is 0.706 bits per heavy atom. The van der Waals surface area contributed by atoms with Crippen molar-refractivity contribution in [1.29, 1.82) is 0 Å². The van der Waals surface area contributed by atoms with E-state index in [-0.39, 0.29) is 39.6 Å². The molecule has 334 valence electrons. The number of carbonyl (C=O) groups excluding carboxylic acids is 3. The van der Waals surface area contributed by atoms with Crippen molar-refractivity contribution in [2.24, 2.45) is 0 Å². The summed E-state index contributed by atoms with van der Waals surface area (Å²) >= 11 is 0. The molecule has 11 rings (SSSR count). The lowest BCUT2D eigenvalue weighted by Crippen LogP contribution is -2.67. The van der Waals surface area contributed by atoms with Crippen LogP contribution in [-0.2, 0) is 35.9 Å². The number of pyridine rings is 2. The summed E-state index contributed by atoms with van der Waals surface area (Å²) in [7, 11) is 4.21. The quantitative estimate of drug-likeness (QED) is 0.0844. The first-order chi connectivity index (χ1) is 33.1. The van der Waals surface area contributed by atoms with Crippen LogP contribution in [-0.4, -0.2) is 49.2 Å². The molecule has 0 atom stereocenters. The van der Waals surface area contributed by atoms with E-state index in [2.05, 4.69) is 94.3 Å². The number of hydrogen-bond donors (Lipinski definition) is 0. The van der Waals surface area contributed by atoms with Gasteiger partial charge in [-0.05, 0) is 180 Å². The van der Waals surface area contributed by atoms with Gasteiger partial charge in [-0.25, -0.2) is 14.4 Å². The third-order valence-corrected chi connectivity index (χ3v) is 14.6. The molecule has 0 spiro atoms. The van der Waals surface area contributed by atoms with Crippen molar-refractivity contribution in [2.75, 3.05) is 21.3 Å². The van der Waals surface area contributed by atoms with Crippen molar-refractivity contribution in [3.63, 3.8) is 0 Å². The normalized spacial score (nSPS) is 21.9. The zero-order valence-corrected chi connectivity index (χ0v) is 38.2. The maximum atomic E-state index is 12.7. The maximum absolute atomic E-state index is 12.7. The average Bonchev–Trinajstić information content (AvgIpc) is 3.39. The van der Waals surface area contributed by atoms with Gasteiger partial charge in [0.25, 0.3) is 0 Å². The van der Waals surface area contributed by atoms with Gasteiger partial charge in [0.1, 0.15) is 0 Å². The van der Waals surface area contributed by atoms with E-state index in [4.69, 9.17) is 14.2 Å². The number of rotatable bonds is 8. The second kappa shape index (κ2) is 17.6. The first kappa shape index (κ1) is 43.8. The standard InChI is InChI=1S/C60H48N2O6/c1-66-54(63)45-17-25-49(26-18-45)58-35-57(36-59(38-58,50-27-19-46(20-28-50)55(64)67-2)40-60(37-57,39-58)51-29-21-47(22-30-51)56(65)68-3)48-23-15-43(16-24-48)12-11-41-7-9-42(10-8-41)13-14-44-31-33-62-53(34-44)52-6-4-5-32-61-52/h4-10,15-34H,35-40H2,1-3H3. The molecule has 5 aromatic carbocycles. The molecular weight excluding hydrogens is 845 g/mol. The average molecular weight is 893 g/mol. The largest absolute Gasteiger partial charge is 0.465 e. The molecule has 8 heteroatoms. The molecule has 0 saturated heterocycles. The van der Waals surface area contributed by atoms with E-state index in [1.807, 2.05) is 91.0 Å². The molecule has 0 N–H and O–H groups in total. The highest BCUT2D eigenvalue weighted by molar-refractivity contribution is 5.90. The summed E-state index contributed by atoms with van der Waals surface area (Å²) in [5.41, 5.74) is 10.3. The molecule has 4 aliphatic carbocycles. The van der Waals surface area contributed by atoms with Crippen molar-refractivity contribution in [3.8, 4) is 35.1 Å². The number of benzene rings is 5. The Hall–Kier alpha value is -8.07. The summed E-state index contributed by atoms with van der Waals surface area (Å²) in [6, 6.07) is 50.4. The molecule has 4 saturated carbocycles. The van der Waals surface area contributed by atoms with E-state index in [0.717, 1.165) is 72.2 Å². The van der Waals surface area contributed by atoms with Crippen molar-refractivity contribution in [2.45, 2.75) is 60.2 Å². The zero-order valence-electron chi connectivity index (χ0n) is 38.2. The minimum Gasteiger partial charge on any atom is -0.465 e. The minimum absolute atomic E-state index is 0.267. The molecule has 2 heterocycles. The Morgan fingerprint density at radius 1 is 0.382 bits per heavy atom. The predicted molar refractivity (Wildman–Crippen MR) is 260 cm³/mol. The summed E-state index contributed by atoms with van der Waals surface area (Å²) in [6.45, 7) is 0. The van der Waals surface area contributed by atoms with Gasteiger partial charge in [0, 0.05) is 34.6 Å². The van der Waals surface area contributed by atoms with E-state index in [1.54, 1.807) is 12.4 Å². The van der Waals surface area contributed by atoms with Crippen LogP contribution >= 0.6 is 0 Å². The third-order valence-electron chi connectivity index (χ3n) is 14.6. The maximum Gasteiger partial charge on any atom is 0.337 e. The van der Waals surface area contributed by atoms with Gasteiger partial charge in [0.05, 0.1) is 49.4 Å². The number of nitrogens with zero attached hydrogens (tertiary/aromatic N) is 2. The number of carbonyl (C=O) groups is 3. The summed E-state index contributed by atoms with van der Waals surface area (Å²) in [5, 5.41) is 0. The summed E-state index contributed by atoms with van der Waals surface area (Å²) in [6.07, 6.45) is 8.92. The zero-order chi connectivity index (χ0) is 46.9. The highest BCUT2D eigenvalue weighted by Gasteiger charge is 2.69.